The molecule has 2 rings (SSSR count). The molecule has 0 atom stereocenters. The maximum Gasteiger partial charge on any atom is 0.282 e. The monoisotopic (exact) mass is 392 g/mol. The van der Waals surface area contributed by atoms with Crippen molar-refractivity contribution >= 4 is 31.6 Å². The molecule has 124 valence electrons. The number of nitrogens with zero attached hydrogens (tertiary/aromatic N) is 3. The lowest BCUT2D eigenvalue weighted by molar-refractivity contribution is 0.329. The third-order valence-corrected chi connectivity index (χ3v) is 6.59. The van der Waals surface area contributed by atoms with Crippen LogP contribution in [0.25, 0.3) is 0 Å². The molecule has 22 heavy (non-hydrogen) atoms. The van der Waals surface area contributed by atoms with E-state index < -0.39 is 10.0 Å². The van der Waals surface area contributed by atoms with Gasteiger partial charge in [-0.25, -0.2) is 17.4 Å². The minimum Gasteiger partial charge on any atom is -0.380 e. The molecule has 7 nitrogen and oxygen atoms in total. The number of aromatic nitrogens is 2. The predicted molar refractivity (Wildman–Crippen MR) is 89.5 cm³/mol. The van der Waals surface area contributed by atoms with E-state index in [-0.39, 0.29) is 17.4 Å². The smallest absolute Gasteiger partial charge is 0.282 e. The lowest BCUT2D eigenvalue weighted by Crippen LogP contribution is -2.43. The van der Waals surface area contributed by atoms with Crippen molar-refractivity contribution in [3.05, 3.63) is 21.0 Å². The van der Waals surface area contributed by atoms with Crippen molar-refractivity contribution in [1.29, 1.82) is 0 Å². The number of hydrogen-bond donors (Lipinski definition) is 1. The number of piperidine rings is 1. The maximum absolute atomic E-state index is 12.0. The molecular weight excluding hydrogens is 372 g/mol. The quantitative estimate of drug-likeness (QED) is 0.812. The maximum atomic E-state index is 12.0. The molecule has 9 heteroatoms. The molecule has 1 aromatic heterocycles. The highest BCUT2D eigenvalue weighted by atomic mass is 79.9. The lowest BCUT2D eigenvalue weighted by Gasteiger charge is -2.32. The molecule has 0 spiro atoms. The molecule has 0 saturated carbocycles. The molecule has 1 saturated heterocycles. The van der Waals surface area contributed by atoms with Gasteiger partial charge in [-0.15, -0.1) is 0 Å². The normalized spacial score (nSPS) is 17.6. The molecule has 1 aliphatic rings. The van der Waals surface area contributed by atoms with Crippen LogP contribution in [0.2, 0.25) is 0 Å². The van der Waals surface area contributed by atoms with Gasteiger partial charge in [-0.05, 0) is 35.2 Å². The zero-order valence-electron chi connectivity index (χ0n) is 12.7. The number of nitrogens with one attached hydrogen (secondary N) is 1. The number of sulfonamides is 1. The number of aryl methyl sites for hydroxylation is 1. The van der Waals surface area contributed by atoms with Gasteiger partial charge in [-0.2, -0.15) is 5.10 Å². The van der Waals surface area contributed by atoms with Crippen molar-refractivity contribution in [2.45, 2.75) is 32.2 Å². The lowest BCUT2D eigenvalue weighted by atomic mass is 10.1. The van der Waals surface area contributed by atoms with Crippen LogP contribution in [0.4, 0.5) is 5.69 Å². The van der Waals surface area contributed by atoms with E-state index in [0.717, 1.165) is 0 Å². The molecule has 0 aromatic carbocycles. The summed E-state index contributed by atoms with van der Waals surface area (Å²) in [6.45, 7) is 2.89. The molecule has 1 aromatic rings. The first-order chi connectivity index (χ1) is 10.3. The van der Waals surface area contributed by atoms with Gasteiger partial charge < -0.3 is 5.32 Å². The molecule has 1 N–H and O–H groups in total. The summed E-state index contributed by atoms with van der Waals surface area (Å²) >= 11 is 3.28. The summed E-state index contributed by atoms with van der Waals surface area (Å²) < 4.78 is 27.3. The summed E-state index contributed by atoms with van der Waals surface area (Å²) in [4.78, 5) is 11.8. The zero-order chi connectivity index (χ0) is 16.3. The fourth-order valence-corrected chi connectivity index (χ4v) is 4.51. The number of hydrogen-bond acceptors (Lipinski definition) is 5. The van der Waals surface area contributed by atoms with Crippen LogP contribution in [0.1, 0.15) is 26.2 Å². The molecule has 2 heterocycles. The van der Waals surface area contributed by atoms with Crippen molar-refractivity contribution in [2.75, 3.05) is 24.2 Å². The Hall–Kier alpha value is -0.930. The van der Waals surface area contributed by atoms with E-state index in [9.17, 15) is 13.2 Å². The van der Waals surface area contributed by atoms with Crippen molar-refractivity contribution in [3.63, 3.8) is 0 Å². The van der Waals surface area contributed by atoms with Crippen LogP contribution in [0, 0.1) is 0 Å². The summed E-state index contributed by atoms with van der Waals surface area (Å²) in [5.74, 6) is 0.204. The highest BCUT2D eigenvalue weighted by molar-refractivity contribution is 9.10. The van der Waals surface area contributed by atoms with E-state index >= 15 is 0 Å². The molecule has 0 bridgehead atoms. The number of anilines is 1. The Balaban J connectivity index is 1.99. The second-order valence-electron chi connectivity index (χ2n) is 5.43. The van der Waals surface area contributed by atoms with Gasteiger partial charge in [0.25, 0.3) is 5.56 Å². The first kappa shape index (κ1) is 17.4. The van der Waals surface area contributed by atoms with E-state index in [4.69, 9.17) is 0 Å². The van der Waals surface area contributed by atoms with Crippen LogP contribution < -0.4 is 10.9 Å². The Morgan fingerprint density at radius 2 is 2.05 bits per heavy atom. The molecule has 1 aliphatic heterocycles. The standard InChI is InChI=1S/C13H21BrN4O3S/c1-3-8-22(20,21)18-6-4-10(5-7-18)16-11-9-15-17(2)13(19)12(11)14/h9-10,16H,3-8H2,1-2H3. The third-order valence-electron chi connectivity index (χ3n) is 3.75. The molecule has 0 amide bonds. The Labute approximate surface area is 138 Å². The Morgan fingerprint density at radius 3 is 2.64 bits per heavy atom. The van der Waals surface area contributed by atoms with Crippen molar-refractivity contribution in [1.82, 2.24) is 14.1 Å². The van der Waals surface area contributed by atoms with E-state index in [2.05, 4.69) is 26.3 Å². The van der Waals surface area contributed by atoms with Crippen molar-refractivity contribution in [2.24, 2.45) is 7.05 Å². The molecule has 0 aliphatic carbocycles. The summed E-state index contributed by atoms with van der Waals surface area (Å²) in [5, 5.41) is 7.27. The van der Waals surface area contributed by atoms with Gasteiger partial charge in [0.05, 0.1) is 17.6 Å². The summed E-state index contributed by atoms with van der Waals surface area (Å²) in [7, 11) is -1.53. The second-order valence-corrected chi connectivity index (χ2v) is 8.32. The Morgan fingerprint density at radius 1 is 1.41 bits per heavy atom. The van der Waals surface area contributed by atoms with Crippen LogP contribution in [0.3, 0.4) is 0 Å². The van der Waals surface area contributed by atoms with Crippen molar-refractivity contribution in [3.8, 4) is 0 Å². The summed E-state index contributed by atoms with van der Waals surface area (Å²) in [5.41, 5.74) is 0.450. The second kappa shape index (κ2) is 7.10. The van der Waals surface area contributed by atoms with Gasteiger partial charge >= 0.3 is 0 Å². The van der Waals surface area contributed by atoms with E-state index in [1.54, 1.807) is 17.5 Å². The van der Waals surface area contributed by atoms with Crippen LogP contribution in [0.5, 0.6) is 0 Å². The predicted octanol–water partition coefficient (Wildman–Crippen LogP) is 1.16. The Bertz CT molecular complexity index is 681. The van der Waals surface area contributed by atoms with Gasteiger partial charge in [-0.1, -0.05) is 6.92 Å². The minimum absolute atomic E-state index is 0.137. The number of halogens is 1. The van der Waals surface area contributed by atoms with Crippen LogP contribution in [-0.4, -0.2) is 47.4 Å². The van der Waals surface area contributed by atoms with Crippen LogP contribution in [0.15, 0.2) is 15.5 Å². The van der Waals surface area contributed by atoms with Crippen molar-refractivity contribution < 1.29 is 8.42 Å². The SMILES string of the molecule is CCCS(=O)(=O)N1CCC(Nc2cnn(C)c(=O)c2Br)CC1. The van der Waals surface area contributed by atoms with Gasteiger partial charge in [0.1, 0.15) is 4.47 Å². The summed E-state index contributed by atoms with van der Waals surface area (Å²) in [6.07, 6.45) is 3.66. The molecule has 0 radical (unpaired) electrons. The van der Waals surface area contributed by atoms with Crippen LogP contribution >= 0.6 is 15.9 Å². The Kier molecular flexibility index (Phi) is 5.62. The van der Waals surface area contributed by atoms with Gasteiger partial charge in [0, 0.05) is 26.2 Å². The molecular formula is C13H21BrN4O3S. The number of rotatable bonds is 5. The topological polar surface area (TPSA) is 84.3 Å². The zero-order valence-corrected chi connectivity index (χ0v) is 15.2. The van der Waals surface area contributed by atoms with Gasteiger partial charge in [0.15, 0.2) is 0 Å². The third kappa shape index (κ3) is 3.88. The van der Waals surface area contributed by atoms with Gasteiger partial charge in [0.2, 0.25) is 10.0 Å². The first-order valence-electron chi connectivity index (χ1n) is 7.31. The average molecular weight is 393 g/mol. The average Bonchev–Trinajstić information content (AvgIpc) is 2.48. The molecule has 1 fully saturated rings. The largest absolute Gasteiger partial charge is 0.380 e. The van der Waals surface area contributed by atoms with Gasteiger partial charge in [-0.3, -0.25) is 4.79 Å². The van der Waals surface area contributed by atoms with E-state index in [1.807, 2.05) is 6.92 Å². The van der Waals surface area contributed by atoms with E-state index in [0.29, 0.717) is 42.5 Å². The highest BCUT2D eigenvalue weighted by Crippen LogP contribution is 2.22. The fourth-order valence-electron chi connectivity index (χ4n) is 2.50. The highest BCUT2D eigenvalue weighted by Gasteiger charge is 2.27. The minimum atomic E-state index is -3.12. The molecule has 0 unspecified atom stereocenters. The van der Waals surface area contributed by atoms with Crippen LogP contribution in [-0.2, 0) is 17.1 Å². The van der Waals surface area contributed by atoms with E-state index in [1.165, 1.54) is 4.68 Å². The first-order valence-corrected chi connectivity index (χ1v) is 9.71. The fraction of sp³-hybridized carbons (Fsp3) is 0.692. The summed E-state index contributed by atoms with van der Waals surface area (Å²) in [6, 6.07) is 0.137.